The van der Waals surface area contributed by atoms with Crippen LogP contribution in [0.5, 0.6) is 0 Å². The molecule has 0 aliphatic rings. The Morgan fingerprint density at radius 2 is 1.63 bits per heavy atom. The van der Waals surface area contributed by atoms with Crippen molar-refractivity contribution in [2.24, 2.45) is 5.92 Å². The van der Waals surface area contributed by atoms with E-state index in [0.717, 1.165) is 16.8 Å². The summed E-state index contributed by atoms with van der Waals surface area (Å²) >= 11 is 6.09. The first-order chi connectivity index (χ1) is 18.2. The van der Waals surface area contributed by atoms with Gasteiger partial charge in [-0.3, -0.25) is 24.2 Å². The van der Waals surface area contributed by atoms with Crippen LogP contribution in [0.4, 0.5) is 0 Å². The maximum atomic E-state index is 12.8. The van der Waals surface area contributed by atoms with Crippen molar-refractivity contribution < 1.29 is 19.2 Å². The molecule has 0 radical (unpaired) electrons. The second-order valence-corrected chi connectivity index (χ2v) is 9.67. The molecule has 0 fully saturated rings. The third kappa shape index (κ3) is 8.81. The fourth-order valence-electron chi connectivity index (χ4n) is 3.77. The van der Waals surface area contributed by atoms with Gasteiger partial charge in [-0.25, -0.2) is 0 Å². The van der Waals surface area contributed by atoms with Gasteiger partial charge in [-0.1, -0.05) is 61.8 Å². The van der Waals surface area contributed by atoms with Gasteiger partial charge in [0.05, 0.1) is 35.8 Å². The van der Waals surface area contributed by atoms with Crippen LogP contribution in [0.25, 0.3) is 11.3 Å². The highest BCUT2D eigenvalue weighted by Crippen LogP contribution is 2.18. The zero-order chi connectivity index (χ0) is 27.5. The molecule has 0 saturated carbocycles. The molecule has 3 rings (SSSR count). The van der Waals surface area contributed by atoms with Gasteiger partial charge in [0, 0.05) is 11.8 Å². The predicted octanol–water partition coefficient (Wildman–Crippen LogP) is 3.59. The first-order valence-corrected chi connectivity index (χ1v) is 12.7. The van der Waals surface area contributed by atoms with Crippen LogP contribution in [0, 0.1) is 5.92 Å². The number of hydrogen-bond acceptors (Lipinski definition) is 5. The highest BCUT2D eigenvalue weighted by atomic mass is 35.5. The molecular formula is C29H31ClN4O4. The van der Waals surface area contributed by atoms with Gasteiger partial charge in [0.1, 0.15) is 6.04 Å². The summed E-state index contributed by atoms with van der Waals surface area (Å²) in [6, 6.07) is 18.8. The molecule has 1 atom stereocenters. The minimum absolute atomic E-state index is 0.102. The normalized spacial score (nSPS) is 11.5. The Morgan fingerprint density at radius 3 is 2.34 bits per heavy atom. The highest BCUT2D eigenvalue weighted by Gasteiger charge is 2.24. The number of carbonyl (C=O) groups excluding carboxylic acids is 4. The minimum atomic E-state index is -0.840. The van der Waals surface area contributed by atoms with Crippen molar-refractivity contribution in [1.82, 2.24) is 20.9 Å². The molecule has 38 heavy (non-hydrogen) atoms. The van der Waals surface area contributed by atoms with Crippen LogP contribution in [0.3, 0.4) is 0 Å². The molecule has 3 aromatic rings. The number of Topliss-reactive ketones (excluding diaryl/α,β-unsaturated/α-hetero) is 1. The molecule has 0 aliphatic heterocycles. The molecule has 0 spiro atoms. The van der Waals surface area contributed by atoms with Crippen LogP contribution in [-0.4, -0.2) is 47.6 Å². The fraction of sp³-hybridized carbons (Fsp3) is 0.276. The summed E-state index contributed by atoms with van der Waals surface area (Å²) < 4.78 is 0. The van der Waals surface area contributed by atoms with Crippen molar-refractivity contribution in [3.8, 4) is 11.3 Å². The number of carbonyl (C=O) groups is 4. The van der Waals surface area contributed by atoms with Crippen LogP contribution in [0.1, 0.15) is 36.2 Å². The van der Waals surface area contributed by atoms with Crippen molar-refractivity contribution >= 4 is 35.1 Å². The van der Waals surface area contributed by atoms with Gasteiger partial charge >= 0.3 is 0 Å². The molecule has 2 aromatic carbocycles. The first kappa shape index (κ1) is 28.5. The lowest BCUT2D eigenvalue weighted by molar-refractivity contribution is -0.127. The second kappa shape index (κ2) is 14.0. The topological polar surface area (TPSA) is 117 Å². The van der Waals surface area contributed by atoms with Crippen LogP contribution in [0.15, 0.2) is 72.9 Å². The van der Waals surface area contributed by atoms with Crippen LogP contribution in [-0.2, 0) is 20.8 Å². The van der Waals surface area contributed by atoms with Crippen molar-refractivity contribution in [3.63, 3.8) is 0 Å². The Bertz CT molecular complexity index is 1280. The standard InChI is InChI=1S/C29H31ClN4O4/c1-19(2)14-26(34-28(37)23-10-3-4-11-24(23)30)29(38)33-18-22(35)17-32-27(36)16-20-8-7-9-21(15-20)25-12-5-6-13-31-25/h3-13,15,19,26H,14,16-18H2,1-2H3,(H,32,36)(H,33,38)(H,34,37)/t26-/m0/s1. The Labute approximate surface area is 227 Å². The smallest absolute Gasteiger partial charge is 0.253 e. The SMILES string of the molecule is CC(C)C[C@H](NC(=O)c1ccccc1Cl)C(=O)NCC(=O)CNC(=O)Cc1cccc(-c2ccccn2)c1. The van der Waals surface area contributed by atoms with E-state index < -0.39 is 17.9 Å². The van der Waals surface area contributed by atoms with Crippen molar-refractivity contribution in [2.45, 2.75) is 32.7 Å². The first-order valence-electron chi connectivity index (χ1n) is 12.3. The lowest BCUT2D eigenvalue weighted by atomic mass is 10.0. The third-order valence-electron chi connectivity index (χ3n) is 5.64. The number of amides is 3. The molecular weight excluding hydrogens is 504 g/mol. The van der Waals surface area contributed by atoms with Crippen LogP contribution >= 0.6 is 11.6 Å². The molecule has 9 heteroatoms. The monoisotopic (exact) mass is 534 g/mol. The van der Waals surface area contributed by atoms with Gasteiger partial charge < -0.3 is 16.0 Å². The van der Waals surface area contributed by atoms with Gasteiger partial charge in [-0.05, 0) is 48.2 Å². The molecule has 3 amide bonds. The van der Waals surface area contributed by atoms with E-state index in [4.69, 9.17) is 11.6 Å². The molecule has 0 unspecified atom stereocenters. The largest absolute Gasteiger partial charge is 0.349 e. The number of nitrogens with zero attached hydrogens (tertiary/aromatic N) is 1. The van der Waals surface area contributed by atoms with E-state index in [-0.39, 0.29) is 47.7 Å². The van der Waals surface area contributed by atoms with E-state index in [0.29, 0.717) is 6.42 Å². The predicted molar refractivity (Wildman–Crippen MR) is 147 cm³/mol. The van der Waals surface area contributed by atoms with Gasteiger partial charge in [-0.2, -0.15) is 0 Å². The molecule has 3 N–H and O–H groups in total. The summed E-state index contributed by atoms with van der Waals surface area (Å²) in [4.78, 5) is 54.4. The molecule has 8 nitrogen and oxygen atoms in total. The van der Waals surface area contributed by atoms with E-state index in [1.165, 1.54) is 0 Å². The Morgan fingerprint density at radius 1 is 0.895 bits per heavy atom. The van der Waals surface area contributed by atoms with E-state index >= 15 is 0 Å². The summed E-state index contributed by atoms with van der Waals surface area (Å²) in [6.45, 7) is 3.36. The number of pyridine rings is 1. The number of nitrogens with one attached hydrogen (secondary N) is 3. The number of ketones is 1. The van der Waals surface area contributed by atoms with E-state index in [2.05, 4.69) is 20.9 Å². The van der Waals surface area contributed by atoms with E-state index in [1.54, 1.807) is 30.5 Å². The van der Waals surface area contributed by atoms with Gasteiger partial charge in [0.2, 0.25) is 11.8 Å². The number of hydrogen-bond donors (Lipinski definition) is 3. The summed E-state index contributed by atoms with van der Waals surface area (Å²) in [5.74, 6) is -1.52. The molecule has 1 aromatic heterocycles. The van der Waals surface area contributed by atoms with Crippen molar-refractivity contribution in [2.75, 3.05) is 13.1 Å². The molecule has 0 aliphatic carbocycles. The van der Waals surface area contributed by atoms with E-state index in [9.17, 15) is 19.2 Å². The summed E-state index contributed by atoms with van der Waals surface area (Å²) in [6.07, 6.45) is 2.19. The lowest BCUT2D eigenvalue weighted by Crippen LogP contribution is -2.49. The maximum Gasteiger partial charge on any atom is 0.253 e. The molecule has 198 valence electrons. The second-order valence-electron chi connectivity index (χ2n) is 9.26. The minimum Gasteiger partial charge on any atom is -0.349 e. The van der Waals surface area contributed by atoms with Gasteiger partial charge in [0.25, 0.3) is 5.91 Å². The number of aromatic nitrogens is 1. The van der Waals surface area contributed by atoms with Crippen LogP contribution in [0.2, 0.25) is 5.02 Å². The fourth-order valence-corrected chi connectivity index (χ4v) is 4.00. The summed E-state index contributed by atoms with van der Waals surface area (Å²) in [5.41, 5.74) is 2.75. The van der Waals surface area contributed by atoms with Crippen LogP contribution < -0.4 is 16.0 Å². The van der Waals surface area contributed by atoms with Crippen molar-refractivity contribution in [3.05, 3.63) is 89.1 Å². The summed E-state index contributed by atoms with van der Waals surface area (Å²) in [7, 11) is 0. The summed E-state index contributed by atoms with van der Waals surface area (Å²) in [5, 5.41) is 8.14. The Balaban J connectivity index is 1.48. The number of benzene rings is 2. The Hall–Kier alpha value is -4.04. The molecule has 0 saturated heterocycles. The highest BCUT2D eigenvalue weighted by molar-refractivity contribution is 6.33. The molecule has 0 bridgehead atoms. The number of halogens is 1. The van der Waals surface area contributed by atoms with E-state index in [1.807, 2.05) is 56.3 Å². The third-order valence-corrected chi connectivity index (χ3v) is 5.97. The average Bonchev–Trinajstić information content (AvgIpc) is 2.90. The lowest BCUT2D eigenvalue weighted by Gasteiger charge is -2.20. The average molecular weight is 535 g/mol. The zero-order valence-corrected chi connectivity index (χ0v) is 22.1. The van der Waals surface area contributed by atoms with Gasteiger partial charge in [0.15, 0.2) is 5.78 Å². The number of rotatable bonds is 12. The Kier molecular flexibility index (Phi) is 10.5. The zero-order valence-electron chi connectivity index (χ0n) is 21.4. The quantitative estimate of drug-likeness (QED) is 0.328. The maximum absolute atomic E-state index is 12.8. The van der Waals surface area contributed by atoms with Crippen molar-refractivity contribution in [1.29, 1.82) is 0 Å². The van der Waals surface area contributed by atoms with Gasteiger partial charge in [-0.15, -0.1) is 0 Å². The molecule has 1 heterocycles.